The molecule has 5 heteroatoms. The van der Waals surface area contributed by atoms with Crippen LogP contribution in [0.4, 0.5) is 17.6 Å². The van der Waals surface area contributed by atoms with Crippen LogP contribution < -0.4 is 16.0 Å². The van der Waals surface area contributed by atoms with Crippen molar-refractivity contribution in [2.75, 3.05) is 29.0 Å². The maximum Gasteiger partial charge on any atom is 0.223 e. The number of hydrogen-bond donors (Lipinski definition) is 2. The Kier molecular flexibility index (Phi) is 5.00. The van der Waals surface area contributed by atoms with Crippen molar-refractivity contribution in [2.45, 2.75) is 40.2 Å². The molecule has 0 amide bonds. The van der Waals surface area contributed by atoms with Gasteiger partial charge in [-0.2, -0.15) is 9.97 Å². The van der Waals surface area contributed by atoms with Crippen LogP contribution in [-0.2, 0) is 0 Å². The predicted molar refractivity (Wildman–Crippen MR) is 73.4 cm³/mol. The Morgan fingerprint density at radius 2 is 2.06 bits per heavy atom. The Hall–Kier alpha value is -1.52. The van der Waals surface area contributed by atoms with Gasteiger partial charge in [-0.1, -0.05) is 6.92 Å². The summed E-state index contributed by atoms with van der Waals surface area (Å²) in [7, 11) is 0. The lowest BCUT2D eigenvalue weighted by atomic mass is 10.3. The molecule has 0 spiro atoms. The van der Waals surface area contributed by atoms with Crippen molar-refractivity contribution in [3.63, 3.8) is 0 Å². The second kappa shape index (κ2) is 6.27. The van der Waals surface area contributed by atoms with Crippen molar-refractivity contribution in [1.82, 2.24) is 9.97 Å². The molecule has 0 aliphatic carbocycles. The molecule has 0 bridgehead atoms. The number of aromatic nitrogens is 2. The van der Waals surface area contributed by atoms with Crippen molar-refractivity contribution < 1.29 is 0 Å². The number of anilines is 3. The van der Waals surface area contributed by atoms with Gasteiger partial charge in [0.25, 0.3) is 0 Å². The molecule has 1 heterocycles. The molecular formula is C12H23N5. The fourth-order valence-corrected chi connectivity index (χ4v) is 1.74. The van der Waals surface area contributed by atoms with E-state index in [-0.39, 0.29) is 0 Å². The van der Waals surface area contributed by atoms with Crippen molar-refractivity contribution >= 4 is 17.6 Å². The summed E-state index contributed by atoms with van der Waals surface area (Å²) >= 11 is 0. The first-order valence-electron chi connectivity index (χ1n) is 6.23. The fraction of sp³-hybridized carbons (Fsp3) is 0.667. The molecule has 96 valence electrons. The van der Waals surface area contributed by atoms with Crippen LogP contribution in [-0.4, -0.2) is 29.1 Å². The van der Waals surface area contributed by atoms with Crippen molar-refractivity contribution in [3.05, 3.63) is 6.07 Å². The second-order valence-electron chi connectivity index (χ2n) is 4.28. The highest BCUT2D eigenvalue weighted by Crippen LogP contribution is 2.18. The lowest BCUT2D eigenvalue weighted by Crippen LogP contribution is -2.31. The van der Waals surface area contributed by atoms with Crippen molar-refractivity contribution in [3.8, 4) is 0 Å². The zero-order chi connectivity index (χ0) is 12.8. The molecule has 1 rings (SSSR count). The van der Waals surface area contributed by atoms with Crippen LogP contribution in [0.5, 0.6) is 0 Å². The number of nitrogens with zero attached hydrogens (tertiary/aromatic N) is 3. The highest BCUT2D eigenvalue weighted by molar-refractivity contribution is 5.52. The molecule has 0 radical (unpaired) electrons. The van der Waals surface area contributed by atoms with E-state index in [0.29, 0.717) is 12.0 Å². The van der Waals surface area contributed by atoms with E-state index >= 15 is 0 Å². The molecule has 0 unspecified atom stereocenters. The number of nitrogen functional groups attached to an aromatic ring is 1. The van der Waals surface area contributed by atoms with Gasteiger partial charge in [-0.05, 0) is 27.2 Å². The van der Waals surface area contributed by atoms with Gasteiger partial charge in [-0.3, -0.25) is 0 Å². The number of rotatable bonds is 6. The first-order valence-corrected chi connectivity index (χ1v) is 6.23. The summed E-state index contributed by atoms with van der Waals surface area (Å²) in [6, 6.07) is 2.35. The molecule has 5 nitrogen and oxygen atoms in total. The minimum absolute atomic E-state index is 0.320. The molecule has 0 aliphatic rings. The van der Waals surface area contributed by atoms with Crippen LogP contribution in [0.2, 0.25) is 0 Å². The van der Waals surface area contributed by atoms with Gasteiger partial charge in [0, 0.05) is 25.2 Å². The topological polar surface area (TPSA) is 67.1 Å². The van der Waals surface area contributed by atoms with E-state index in [1.54, 1.807) is 0 Å². The number of hydrogen-bond acceptors (Lipinski definition) is 5. The minimum Gasteiger partial charge on any atom is -0.370 e. The summed E-state index contributed by atoms with van der Waals surface area (Å²) in [6.45, 7) is 10.3. The minimum atomic E-state index is 0.320. The summed E-state index contributed by atoms with van der Waals surface area (Å²) in [5, 5.41) is 3.24. The lowest BCUT2D eigenvalue weighted by molar-refractivity contribution is 0.693. The van der Waals surface area contributed by atoms with Gasteiger partial charge in [0.1, 0.15) is 11.6 Å². The maximum atomic E-state index is 5.73. The smallest absolute Gasteiger partial charge is 0.223 e. The Labute approximate surface area is 103 Å². The van der Waals surface area contributed by atoms with E-state index in [2.05, 4.69) is 47.9 Å². The summed E-state index contributed by atoms with van der Waals surface area (Å²) in [6.07, 6.45) is 1.06. The van der Waals surface area contributed by atoms with Crippen LogP contribution in [0.3, 0.4) is 0 Å². The highest BCUT2D eigenvalue weighted by Gasteiger charge is 2.11. The molecule has 0 saturated carbocycles. The molecular weight excluding hydrogens is 214 g/mol. The maximum absolute atomic E-state index is 5.73. The van der Waals surface area contributed by atoms with Crippen LogP contribution >= 0.6 is 0 Å². The van der Waals surface area contributed by atoms with Crippen molar-refractivity contribution in [2.24, 2.45) is 0 Å². The fourth-order valence-electron chi connectivity index (χ4n) is 1.74. The van der Waals surface area contributed by atoms with E-state index in [9.17, 15) is 0 Å². The van der Waals surface area contributed by atoms with Gasteiger partial charge in [0.15, 0.2) is 0 Å². The average Bonchev–Trinajstić information content (AvgIpc) is 2.26. The molecule has 0 saturated heterocycles. The van der Waals surface area contributed by atoms with Crippen LogP contribution in [0.15, 0.2) is 6.07 Å². The third-order valence-electron chi connectivity index (χ3n) is 2.54. The standard InChI is InChI=1S/C12H23N5/c1-5-7-14-10-8-11(16-12(13)15-10)17(6-2)9(3)4/h8-9H,5-7H2,1-4H3,(H3,13,14,15,16). The van der Waals surface area contributed by atoms with Crippen LogP contribution in [0, 0.1) is 0 Å². The molecule has 1 aromatic rings. The largest absolute Gasteiger partial charge is 0.370 e. The predicted octanol–water partition coefficient (Wildman–Crippen LogP) is 2.12. The molecule has 3 N–H and O–H groups in total. The Bertz CT molecular complexity index is 351. The molecule has 1 aromatic heterocycles. The van der Waals surface area contributed by atoms with E-state index in [1.807, 2.05) is 6.07 Å². The van der Waals surface area contributed by atoms with E-state index in [1.165, 1.54) is 0 Å². The first kappa shape index (κ1) is 13.5. The molecule has 0 fully saturated rings. The quantitative estimate of drug-likeness (QED) is 0.793. The summed E-state index contributed by atoms with van der Waals surface area (Å²) in [5.74, 6) is 2.00. The Morgan fingerprint density at radius 3 is 2.59 bits per heavy atom. The van der Waals surface area contributed by atoms with E-state index < -0.39 is 0 Å². The third-order valence-corrected chi connectivity index (χ3v) is 2.54. The monoisotopic (exact) mass is 237 g/mol. The molecule has 0 atom stereocenters. The Balaban J connectivity index is 2.94. The molecule has 17 heavy (non-hydrogen) atoms. The normalized spacial score (nSPS) is 10.6. The first-order chi connectivity index (χ1) is 8.08. The number of nitrogens with one attached hydrogen (secondary N) is 1. The third kappa shape index (κ3) is 3.76. The SMILES string of the molecule is CCCNc1cc(N(CC)C(C)C)nc(N)n1. The van der Waals surface area contributed by atoms with E-state index in [4.69, 9.17) is 5.73 Å². The summed E-state index contributed by atoms with van der Waals surface area (Å²) in [5.41, 5.74) is 5.73. The number of nitrogens with two attached hydrogens (primary N) is 1. The van der Waals surface area contributed by atoms with Gasteiger partial charge in [0.05, 0.1) is 0 Å². The average molecular weight is 237 g/mol. The van der Waals surface area contributed by atoms with Gasteiger partial charge >= 0.3 is 0 Å². The molecule has 0 aromatic carbocycles. The second-order valence-corrected chi connectivity index (χ2v) is 4.28. The van der Waals surface area contributed by atoms with Gasteiger partial charge < -0.3 is 16.0 Å². The van der Waals surface area contributed by atoms with Gasteiger partial charge in [0.2, 0.25) is 5.95 Å². The Morgan fingerprint density at radius 1 is 1.35 bits per heavy atom. The highest BCUT2D eigenvalue weighted by atomic mass is 15.2. The van der Waals surface area contributed by atoms with Gasteiger partial charge in [-0.25, -0.2) is 0 Å². The van der Waals surface area contributed by atoms with Gasteiger partial charge in [-0.15, -0.1) is 0 Å². The molecule has 0 aliphatic heterocycles. The van der Waals surface area contributed by atoms with Crippen LogP contribution in [0.1, 0.15) is 34.1 Å². The van der Waals surface area contributed by atoms with Crippen molar-refractivity contribution in [1.29, 1.82) is 0 Å². The summed E-state index contributed by atoms with van der Waals surface area (Å²) < 4.78 is 0. The zero-order valence-electron chi connectivity index (χ0n) is 11.2. The summed E-state index contributed by atoms with van der Waals surface area (Å²) in [4.78, 5) is 10.7. The van der Waals surface area contributed by atoms with E-state index in [0.717, 1.165) is 31.1 Å². The lowest BCUT2D eigenvalue weighted by Gasteiger charge is -2.26. The van der Waals surface area contributed by atoms with Crippen LogP contribution in [0.25, 0.3) is 0 Å². The zero-order valence-corrected chi connectivity index (χ0v) is 11.2.